The largest absolute Gasteiger partial charge is 0.770 e. The highest BCUT2D eigenvalue weighted by Gasteiger charge is 2.44. The van der Waals surface area contributed by atoms with Crippen molar-refractivity contribution >= 4 is 50.9 Å². The van der Waals surface area contributed by atoms with E-state index in [1.54, 1.807) is 29.4 Å². The first-order valence-corrected chi connectivity index (χ1v) is 19.4. The minimum atomic E-state index is -2.94. The van der Waals surface area contributed by atoms with Crippen molar-refractivity contribution in [1.29, 1.82) is 0 Å². The van der Waals surface area contributed by atoms with Crippen LogP contribution in [-0.2, 0) is 22.2 Å². The smallest absolute Gasteiger partial charge is 0.303 e. The van der Waals surface area contributed by atoms with Crippen molar-refractivity contribution in [1.82, 2.24) is 15.3 Å². The lowest BCUT2D eigenvalue weighted by Gasteiger charge is -2.37. The van der Waals surface area contributed by atoms with Gasteiger partial charge >= 0.3 is 3.93 Å². The number of rotatable bonds is 9. The number of benzene rings is 1. The number of hydrogen-bond acceptors (Lipinski definition) is 10. The number of aliphatic imine (C=N–C) groups is 1. The van der Waals surface area contributed by atoms with Gasteiger partial charge in [-0.2, -0.15) is 14.2 Å². The summed E-state index contributed by atoms with van der Waals surface area (Å²) < 4.78 is 56.7. The number of hydrogen-bond donors (Lipinski definition) is 3. The Bertz CT molecular complexity index is 1600. The van der Waals surface area contributed by atoms with Crippen LogP contribution >= 0.6 is 22.6 Å². The van der Waals surface area contributed by atoms with E-state index in [-0.39, 0.29) is 18.2 Å². The lowest BCUT2D eigenvalue weighted by atomic mass is 9.92. The molecular weight excluding hydrogens is 775 g/mol. The molecule has 1 aromatic heterocycles. The molecule has 0 fully saturated rings. The van der Waals surface area contributed by atoms with Gasteiger partial charge in [-0.3, -0.25) is 19.1 Å². The van der Waals surface area contributed by atoms with Crippen molar-refractivity contribution in [3.8, 4) is 11.3 Å². The highest BCUT2D eigenvalue weighted by molar-refractivity contribution is 14.1. The lowest BCUT2D eigenvalue weighted by Crippen LogP contribution is -2.46. The number of pyridine rings is 1. The predicted molar refractivity (Wildman–Crippen MR) is 205 cm³/mol. The Balaban J connectivity index is 1.49. The molecule has 0 spiro atoms. The molecule has 10 nitrogen and oxygen atoms in total. The van der Waals surface area contributed by atoms with Gasteiger partial charge in [0.1, 0.15) is 23.6 Å². The van der Waals surface area contributed by atoms with Gasteiger partial charge in [0.05, 0.1) is 29.1 Å². The molecule has 274 valence electrons. The summed E-state index contributed by atoms with van der Waals surface area (Å²) in [6.45, 7) is 9.21. The fourth-order valence-electron chi connectivity index (χ4n) is 6.15. The molecule has 14 heteroatoms. The fraction of sp³-hybridized carbons (Fsp3) is 0.556. The summed E-state index contributed by atoms with van der Waals surface area (Å²) in [5, 5.41) is 3.79. The van der Waals surface area contributed by atoms with Crippen molar-refractivity contribution in [3.63, 3.8) is 0 Å². The van der Waals surface area contributed by atoms with Crippen LogP contribution in [0.3, 0.4) is 0 Å². The van der Waals surface area contributed by atoms with Crippen LogP contribution in [0.1, 0.15) is 65.4 Å². The van der Waals surface area contributed by atoms with Crippen molar-refractivity contribution in [2.75, 3.05) is 36.6 Å². The molecule has 0 aliphatic carbocycles. The summed E-state index contributed by atoms with van der Waals surface area (Å²) in [6.07, 6.45) is 12.2. The molecule has 3 aliphatic rings. The van der Waals surface area contributed by atoms with E-state index in [1.807, 2.05) is 30.3 Å². The van der Waals surface area contributed by atoms with Gasteiger partial charge in [0.15, 0.2) is 0 Å². The molecule has 1 aromatic carbocycles. The van der Waals surface area contributed by atoms with Gasteiger partial charge < -0.3 is 20.3 Å². The third kappa shape index (κ3) is 9.75. The molecule has 4 unspecified atom stereocenters. The van der Waals surface area contributed by atoms with E-state index >= 15 is 0 Å². The van der Waals surface area contributed by atoms with Crippen LogP contribution in [0.5, 0.6) is 0 Å². The Morgan fingerprint density at radius 1 is 1.12 bits per heavy atom. The van der Waals surface area contributed by atoms with E-state index in [0.717, 1.165) is 78.9 Å². The van der Waals surface area contributed by atoms with Crippen LogP contribution < -0.4 is 21.5 Å². The van der Waals surface area contributed by atoms with Gasteiger partial charge in [-0.25, -0.2) is 4.98 Å². The number of fused-ring (bicyclic) bond motifs is 5. The Morgan fingerprint density at radius 3 is 2.62 bits per heavy atom. The SMILES string of the molecule is CC(C)(CN)CN1CCCCCCc2ccccc2-c2nc(ccc2N2C=CC(OCC(C)(C)C(F)(F)I)N2)NC(S(=O)[O-])C2=NC1CC=C2. The van der Waals surface area contributed by atoms with Crippen molar-refractivity contribution in [2.45, 2.75) is 87.9 Å². The highest BCUT2D eigenvalue weighted by Crippen LogP contribution is 2.42. The summed E-state index contributed by atoms with van der Waals surface area (Å²) in [7, 11) is 0. The van der Waals surface area contributed by atoms with Gasteiger partial charge in [-0.15, -0.1) is 0 Å². The topological polar surface area (TPSA) is 131 Å². The van der Waals surface area contributed by atoms with E-state index in [0.29, 0.717) is 35.9 Å². The first-order chi connectivity index (χ1) is 23.7. The molecule has 0 radical (unpaired) electrons. The van der Waals surface area contributed by atoms with Gasteiger partial charge in [0, 0.05) is 31.3 Å². The number of ether oxygens (including phenoxy) is 1. The molecule has 4 N–H and O–H groups in total. The van der Waals surface area contributed by atoms with E-state index in [1.165, 1.54) is 13.8 Å². The second kappa shape index (κ2) is 16.6. The van der Waals surface area contributed by atoms with Crippen LogP contribution in [-0.4, -0.2) is 72.3 Å². The number of aromatic nitrogens is 1. The number of nitrogens with two attached hydrogens (primary N) is 1. The minimum absolute atomic E-state index is 0.119. The van der Waals surface area contributed by atoms with Crippen LogP contribution in [0.2, 0.25) is 0 Å². The van der Waals surface area contributed by atoms with E-state index < -0.39 is 32.0 Å². The van der Waals surface area contributed by atoms with E-state index in [2.05, 4.69) is 35.6 Å². The number of alkyl halides is 3. The fourth-order valence-corrected chi connectivity index (χ4v) is 6.86. The average molecular weight is 825 g/mol. The van der Waals surface area contributed by atoms with Crippen LogP contribution in [0.25, 0.3) is 11.3 Å². The van der Waals surface area contributed by atoms with E-state index in [9.17, 15) is 17.5 Å². The van der Waals surface area contributed by atoms with Gasteiger partial charge in [0.25, 0.3) is 0 Å². The summed E-state index contributed by atoms with van der Waals surface area (Å²) in [5.74, 6) is 0.374. The minimum Gasteiger partial charge on any atom is -0.770 e. The Hall–Kier alpha value is -2.34. The summed E-state index contributed by atoms with van der Waals surface area (Å²) in [4.78, 5) is 12.4. The Morgan fingerprint density at radius 2 is 1.88 bits per heavy atom. The first-order valence-electron chi connectivity index (χ1n) is 17.2. The number of hydrazine groups is 1. The van der Waals surface area contributed by atoms with Crippen molar-refractivity contribution in [2.24, 2.45) is 21.6 Å². The van der Waals surface area contributed by atoms with Gasteiger partial charge in [-0.1, -0.05) is 70.9 Å². The van der Waals surface area contributed by atoms with Gasteiger partial charge in [0.2, 0.25) is 0 Å². The predicted octanol–water partition coefficient (Wildman–Crippen LogP) is 6.73. The zero-order chi connectivity index (χ0) is 36.1. The third-order valence-electron chi connectivity index (χ3n) is 9.39. The second-order valence-corrected chi connectivity index (χ2v) is 17.0. The molecule has 5 rings (SSSR count). The molecule has 0 saturated heterocycles. The lowest BCUT2D eigenvalue weighted by molar-refractivity contribution is -0.0720. The maximum Gasteiger partial charge on any atom is 0.303 e. The maximum absolute atomic E-state index is 14.1. The molecule has 0 saturated carbocycles. The molecule has 4 heterocycles. The number of halogens is 3. The van der Waals surface area contributed by atoms with Crippen LogP contribution in [0.15, 0.2) is 65.8 Å². The number of nitrogens with one attached hydrogen (secondary N) is 2. The summed E-state index contributed by atoms with van der Waals surface area (Å²) in [5.41, 5.74) is 11.7. The monoisotopic (exact) mass is 824 g/mol. The number of aryl methyl sites for hydroxylation is 1. The van der Waals surface area contributed by atoms with Gasteiger partial charge in [-0.05, 0) is 94.7 Å². The first kappa shape index (κ1) is 38.9. The van der Waals surface area contributed by atoms with Crippen LogP contribution in [0, 0.1) is 10.8 Å². The van der Waals surface area contributed by atoms with Crippen molar-refractivity contribution in [3.05, 3.63) is 66.4 Å². The number of nitrogens with zero attached hydrogens (tertiary/aromatic N) is 4. The summed E-state index contributed by atoms with van der Waals surface area (Å²) >= 11 is -1.40. The second-order valence-electron chi connectivity index (χ2n) is 14.6. The zero-order valence-corrected chi connectivity index (χ0v) is 32.2. The third-order valence-corrected chi connectivity index (χ3v) is 11.6. The Labute approximate surface area is 310 Å². The van der Waals surface area contributed by atoms with Crippen molar-refractivity contribution < 1.29 is 22.3 Å². The molecule has 3 aliphatic heterocycles. The number of dihydropyridines is 1. The quantitative estimate of drug-likeness (QED) is 0.143. The highest BCUT2D eigenvalue weighted by atomic mass is 127. The Kier molecular flexibility index (Phi) is 12.9. The molecule has 50 heavy (non-hydrogen) atoms. The zero-order valence-electron chi connectivity index (χ0n) is 29.2. The van der Waals surface area contributed by atoms with Crippen LogP contribution in [0.4, 0.5) is 20.3 Å². The molecular formula is C36H49F2IN7O3S-. The standard InChI is InChI=1S/C36H50F2IN7O3S/c1-34(2,22-40)23-45-20-10-6-5-7-12-25-13-8-9-14-26(25)32-28(46-21-19-31(44-46)49-24-35(3,4)36(37,38)39)17-18-29(42-32)43-33(50(47)48)27-15-11-16-30(45)41-27/h8-9,11,13-15,17-19,21,30-31,33,44H,5-7,10,12,16,20,22-24,40H2,1-4H3,(H,42,43)(H,47,48)/p-1. The maximum atomic E-state index is 14.1. The van der Waals surface area contributed by atoms with E-state index in [4.69, 9.17) is 20.4 Å². The summed E-state index contributed by atoms with van der Waals surface area (Å²) in [6, 6.07) is 11.7. The number of anilines is 2. The molecule has 4 bridgehead atoms. The molecule has 2 aromatic rings. The molecule has 0 amide bonds. The molecule has 4 atom stereocenters. The normalized spacial score (nSPS) is 23.2. The average Bonchev–Trinajstić information content (AvgIpc) is 3.55.